The molecule has 0 aliphatic carbocycles. The van der Waals surface area contributed by atoms with Gasteiger partial charge in [-0.05, 0) is 55.4 Å². The zero-order valence-corrected chi connectivity index (χ0v) is 17.5. The molecule has 0 spiro atoms. The van der Waals surface area contributed by atoms with Crippen molar-refractivity contribution in [2.24, 2.45) is 0 Å². The number of amides is 1. The number of carbonyl (C=O) groups is 1. The zero-order chi connectivity index (χ0) is 20.5. The lowest BCUT2D eigenvalue weighted by Crippen LogP contribution is -2.44. The summed E-state index contributed by atoms with van der Waals surface area (Å²) < 4.78 is 5.22. The number of nitrogens with zero attached hydrogens (tertiary/aromatic N) is 2. The van der Waals surface area contributed by atoms with Crippen LogP contribution in [-0.4, -0.2) is 64.2 Å². The molecule has 0 radical (unpaired) electrons. The Labute approximate surface area is 173 Å². The van der Waals surface area contributed by atoms with Gasteiger partial charge in [0.2, 0.25) is 5.91 Å². The molecule has 6 heteroatoms. The van der Waals surface area contributed by atoms with Gasteiger partial charge in [-0.2, -0.15) is 0 Å². The normalized spacial score (nSPS) is 14.5. The van der Waals surface area contributed by atoms with Crippen LogP contribution in [0.5, 0.6) is 5.75 Å². The first-order valence-corrected chi connectivity index (χ1v) is 10.3. The van der Waals surface area contributed by atoms with Crippen molar-refractivity contribution in [1.29, 1.82) is 0 Å². The molecule has 1 heterocycles. The largest absolute Gasteiger partial charge is 0.497 e. The lowest BCUT2D eigenvalue weighted by Gasteiger charge is -2.34. The molecule has 1 aliphatic heterocycles. The summed E-state index contributed by atoms with van der Waals surface area (Å²) in [6, 6.07) is 16.4. The van der Waals surface area contributed by atoms with E-state index >= 15 is 0 Å². The zero-order valence-electron chi connectivity index (χ0n) is 17.5. The van der Waals surface area contributed by atoms with Gasteiger partial charge in [0.1, 0.15) is 5.75 Å². The van der Waals surface area contributed by atoms with E-state index in [1.165, 1.54) is 5.69 Å². The van der Waals surface area contributed by atoms with E-state index in [2.05, 4.69) is 51.7 Å². The fraction of sp³-hybridized carbons (Fsp3) is 0.435. The first-order valence-electron chi connectivity index (χ1n) is 10.3. The molecule has 29 heavy (non-hydrogen) atoms. The van der Waals surface area contributed by atoms with Gasteiger partial charge < -0.3 is 25.2 Å². The highest BCUT2D eigenvalue weighted by atomic mass is 16.5. The van der Waals surface area contributed by atoms with Gasteiger partial charge in [-0.25, -0.2) is 0 Å². The van der Waals surface area contributed by atoms with E-state index in [9.17, 15) is 4.79 Å². The molecular formula is C23H32N4O2. The van der Waals surface area contributed by atoms with E-state index in [0.29, 0.717) is 19.5 Å². The Morgan fingerprint density at radius 1 is 1.03 bits per heavy atom. The second-order valence-corrected chi connectivity index (χ2v) is 7.47. The first kappa shape index (κ1) is 21.0. The number of nitrogens with one attached hydrogen (secondary N) is 2. The molecule has 6 nitrogen and oxygen atoms in total. The maximum Gasteiger partial charge on any atom is 0.221 e. The van der Waals surface area contributed by atoms with E-state index in [0.717, 1.165) is 49.6 Å². The van der Waals surface area contributed by atoms with Crippen LogP contribution in [0.2, 0.25) is 0 Å². The minimum Gasteiger partial charge on any atom is -0.497 e. The maximum absolute atomic E-state index is 12.0. The molecule has 1 amide bonds. The Bertz CT molecular complexity index is 771. The first-order chi connectivity index (χ1) is 14.1. The topological polar surface area (TPSA) is 56.8 Å². The summed E-state index contributed by atoms with van der Waals surface area (Å²) in [5.74, 6) is 0.908. The molecule has 1 aliphatic rings. The van der Waals surface area contributed by atoms with Crippen molar-refractivity contribution < 1.29 is 9.53 Å². The molecule has 2 N–H and O–H groups in total. The SMILES string of the molecule is COc1cccc(CCNC(=O)CCNc2ccc(N3CCN(C)CC3)cc2)c1. The molecule has 1 saturated heterocycles. The van der Waals surface area contributed by atoms with Gasteiger partial charge in [0.15, 0.2) is 0 Å². The Balaban J connectivity index is 1.33. The second-order valence-electron chi connectivity index (χ2n) is 7.47. The minimum absolute atomic E-state index is 0.0643. The number of hydrogen-bond acceptors (Lipinski definition) is 5. The third-order valence-electron chi connectivity index (χ3n) is 5.29. The van der Waals surface area contributed by atoms with Crippen LogP contribution in [0, 0.1) is 0 Å². The van der Waals surface area contributed by atoms with Crippen molar-refractivity contribution in [3.63, 3.8) is 0 Å². The standard InChI is InChI=1S/C23H32N4O2/c1-26-14-16-27(17-15-26)21-8-6-20(7-9-21)24-13-11-23(28)25-12-10-19-4-3-5-22(18-19)29-2/h3-9,18,24H,10-17H2,1-2H3,(H,25,28). The molecule has 2 aromatic rings. The van der Waals surface area contributed by atoms with Crippen LogP contribution in [0.1, 0.15) is 12.0 Å². The number of piperazine rings is 1. The summed E-state index contributed by atoms with van der Waals surface area (Å²) in [5.41, 5.74) is 3.47. The molecular weight excluding hydrogens is 364 g/mol. The number of carbonyl (C=O) groups excluding carboxylic acids is 1. The molecule has 3 rings (SSSR count). The summed E-state index contributed by atoms with van der Waals surface area (Å²) in [6.45, 7) is 5.60. The van der Waals surface area contributed by atoms with Gasteiger partial charge in [-0.3, -0.25) is 4.79 Å². The van der Waals surface area contributed by atoms with E-state index in [1.807, 2.05) is 24.3 Å². The molecule has 0 saturated carbocycles. The Kier molecular flexibility index (Phi) is 7.76. The van der Waals surface area contributed by atoms with Gasteiger partial charge in [0, 0.05) is 57.1 Å². The average molecular weight is 397 g/mol. The average Bonchev–Trinajstić information content (AvgIpc) is 2.75. The van der Waals surface area contributed by atoms with E-state index < -0.39 is 0 Å². The summed E-state index contributed by atoms with van der Waals surface area (Å²) >= 11 is 0. The third kappa shape index (κ3) is 6.68. The second kappa shape index (κ2) is 10.7. The molecule has 0 atom stereocenters. The predicted octanol–water partition coefficient (Wildman–Crippen LogP) is 2.61. The van der Waals surface area contributed by atoms with Gasteiger partial charge in [-0.1, -0.05) is 12.1 Å². The Morgan fingerprint density at radius 2 is 1.79 bits per heavy atom. The van der Waals surface area contributed by atoms with E-state index in [4.69, 9.17) is 4.74 Å². The number of rotatable bonds is 9. The highest BCUT2D eigenvalue weighted by Gasteiger charge is 2.13. The van der Waals surface area contributed by atoms with E-state index in [-0.39, 0.29) is 5.91 Å². The Hall–Kier alpha value is -2.73. The highest BCUT2D eigenvalue weighted by molar-refractivity contribution is 5.76. The highest BCUT2D eigenvalue weighted by Crippen LogP contribution is 2.19. The predicted molar refractivity (Wildman–Crippen MR) is 119 cm³/mol. The van der Waals surface area contributed by atoms with Crippen LogP contribution in [0.3, 0.4) is 0 Å². The summed E-state index contributed by atoms with van der Waals surface area (Å²) in [4.78, 5) is 16.8. The summed E-state index contributed by atoms with van der Waals surface area (Å²) in [5, 5.41) is 6.31. The van der Waals surface area contributed by atoms with Crippen molar-refractivity contribution in [2.75, 3.05) is 63.6 Å². The molecule has 0 bridgehead atoms. The summed E-state index contributed by atoms with van der Waals surface area (Å²) in [7, 11) is 3.83. The van der Waals surface area contributed by atoms with Crippen LogP contribution < -0.4 is 20.3 Å². The van der Waals surface area contributed by atoms with Crippen LogP contribution in [0.15, 0.2) is 48.5 Å². The number of methoxy groups -OCH3 is 1. The van der Waals surface area contributed by atoms with Gasteiger partial charge in [0.05, 0.1) is 7.11 Å². The summed E-state index contributed by atoms with van der Waals surface area (Å²) in [6.07, 6.45) is 1.25. The van der Waals surface area contributed by atoms with Crippen LogP contribution in [0.25, 0.3) is 0 Å². The Morgan fingerprint density at radius 3 is 2.52 bits per heavy atom. The molecule has 0 aromatic heterocycles. The number of anilines is 2. The van der Waals surface area contributed by atoms with Crippen molar-refractivity contribution in [2.45, 2.75) is 12.8 Å². The van der Waals surface area contributed by atoms with Crippen LogP contribution >= 0.6 is 0 Å². The minimum atomic E-state index is 0.0643. The quantitative estimate of drug-likeness (QED) is 0.682. The van der Waals surface area contributed by atoms with E-state index in [1.54, 1.807) is 7.11 Å². The monoisotopic (exact) mass is 396 g/mol. The molecule has 156 valence electrons. The maximum atomic E-state index is 12.0. The molecule has 1 fully saturated rings. The van der Waals surface area contributed by atoms with Crippen molar-refractivity contribution >= 4 is 17.3 Å². The fourth-order valence-corrected chi connectivity index (χ4v) is 3.44. The van der Waals surface area contributed by atoms with Crippen molar-refractivity contribution in [1.82, 2.24) is 10.2 Å². The number of ether oxygens (including phenoxy) is 1. The van der Waals surface area contributed by atoms with Crippen molar-refractivity contribution in [3.8, 4) is 5.75 Å². The number of benzene rings is 2. The number of likely N-dealkylation sites (N-methyl/N-ethyl adjacent to an activating group) is 1. The van der Waals surface area contributed by atoms with Gasteiger partial charge in [0.25, 0.3) is 0 Å². The van der Waals surface area contributed by atoms with Crippen molar-refractivity contribution in [3.05, 3.63) is 54.1 Å². The van der Waals surface area contributed by atoms with Gasteiger partial charge in [-0.15, -0.1) is 0 Å². The fourth-order valence-electron chi connectivity index (χ4n) is 3.44. The smallest absolute Gasteiger partial charge is 0.221 e. The van der Waals surface area contributed by atoms with Gasteiger partial charge >= 0.3 is 0 Å². The molecule has 2 aromatic carbocycles. The van der Waals surface area contributed by atoms with Crippen LogP contribution in [-0.2, 0) is 11.2 Å². The number of hydrogen-bond donors (Lipinski definition) is 2. The lowest BCUT2D eigenvalue weighted by atomic mass is 10.1. The molecule has 0 unspecified atom stereocenters. The third-order valence-corrected chi connectivity index (χ3v) is 5.29. The van der Waals surface area contributed by atoms with Crippen LogP contribution in [0.4, 0.5) is 11.4 Å². The lowest BCUT2D eigenvalue weighted by molar-refractivity contribution is -0.120.